The molecule has 0 amide bonds. The average Bonchev–Trinajstić information content (AvgIpc) is 2.25. The van der Waals surface area contributed by atoms with Crippen molar-refractivity contribution in [3.8, 4) is 0 Å². The molecule has 0 spiro atoms. The Morgan fingerprint density at radius 3 is 2.50 bits per heavy atom. The quantitative estimate of drug-likeness (QED) is 0.840. The predicted octanol–water partition coefficient (Wildman–Crippen LogP) is 4.55. The summed E-state index contributed by atoms with van der Waals surface area (Å²) in [7, 11) is 0. The van der Waals surface area contributed by atoms with E-state index in [1.807, 2.05) is 6.07 Å². The van der Waals surface area contributed by atoms with Crippen molar-refractivity contribution < 1.29 is 4.39 Å². The van der Waals surface area contributed by atoms with Gasteiger partial charge in [0.25, 0.3) is 0 Å². The zero-order valence-corrected chi connectivity index (χ0v) is 13.3. The van der Waals surface area contributed by atoms with E-state index in [0.717, 1.165) is 23.9 Å². The molecule has 0 aromatic heterocycles. The van der Waals surface area contributed by atoms with E-state index in [9.17, 15) is 4.39 Å². The highest BCUT2D eigenvalue weighted by molar-refractivity contribution is 9.10. The normalized spacial score (nSPS) is 13.7. The Kier molecular flexibility index (Phi) is 5.80. The molecule has 0 aliphatic carbocycles. The van der Waals surface area contributed by atoms with Crippen LogP contribution in [0.15, 0.2) is 22.7 Å². The summed E-state index contributed by atoms with van der Waals surface area (Å²) in [5.74, 6) is 0.387. The van der Waals surface area contributed by atoms with Crippen molar-refractivity contribution >= 4 is 15.9 Å². The Balaban J connectivity index is 2.62. The highest BCUT2D eigenvalue weighted by Gasteiger charge is 2.14. The first-order valence-electron chi connectivity index (χ1n) is 6.50. The van der Waals surface area contributed by atoms with Crippen molar-refractivity contribution in [3.63, 3.8) is 0 Å². The largest absolute Gasteiger partial charge is 0.312 e. The molecule has 1 atom stereocenters. The molecular formula is C15H23BrFN. The summed E-state index contributed by atoms with van der Waals surface area (Å²) in [6.45, 7) is 9.71. The van der Waals surface area contributed by atoms with Gasteiger partial charge >= 0.3 is 0 Å². The van der Waals surface area contributed by atoms with E-state index >= 15 is 0 Å². The van der Waals surface area contributed by atoms with Crippen molar-refractivity contribution in [2.75, 3.05) is 6.54 Å². The molecule has 0 saturated heterocycles. The van der Waals surface area contributed by atoms with E-state index in [1.165, 1.54) is 11.6 Å². The maximum atomic E-state index is 13.0. The molecule has 1 aromatic rings. The number of rotatable bonds is 5. The molecule has 1 aromatic carbocycles. The number of benzene rings is 1. The smallest absolute Gasteiger partial charge is 0.124 e. The van der Waals surface area contributed by atoms with Gasteiger partial charge in [0.2, 0.25) is 0 Å². The molecule has 1 nitrogen and oxygen atoms in total. The standard InChI is InChI=1S/C15H23BrFN/c1-5-11(10-18-15(2,3)4)8-12-6-7-13(17)9-14(12)16/h6-7,9,11,18H,5,8,10H2,1-4H3. The van der Waals surface area contributed by atoms with Gasteiger partial charge in [-0.2, -0.15) is 0 Å². The van der Waals surface area contributed by atoms with Crippen molar-refractivity contribution in [2.45, 2.75) is 46.1 Å². The highest BCUT2D eigenvalue weighted by Crippen LogP contribution is 2.22. The summed E-state index contributed by atoms with van der Waals surface area (Å²) in [4.78, 5) is 0. The highest BCUT2D eigenvalue weighted by atomic mass is 79.9. The Morgan fingerprint density at radius 2 is 2.00 bits per heavy atom. The molecular weight excluding hydrogens is 293 g/mol. The van der Waals surface area contributed by atoms with Crippen LogP contribution in [0.1, 0.15) is 39.7 Å². The Labute approximate surface area is 118 Å². The molecule has 0 fully saturated rings. The van der Waals surface area contributed by atoms with E-state index < -0.39 is 0 Å². The molecule has 1 N–H and O–H groups in total. The fourth-order valence-corrected chi connectivity index (χ4v) is 2.32. The Hall–Kier alpha value is -0.410. The topological polar surface area (TPSA) is 12.0 Å². The Morgan fingerprint density at radius 1 is 1.33 bits per heavy atom. The number of nitrogens with one attached hydrogen (secondary N) is 1. The third kappa shape index (κ3) is 5.49. The third-order valence-electron chi connectivity index (χ3n) is 3.02. The monoisotopic (exact) mass is 315 g/mol. The molecule has 1 rings (SSSR count). The minimum absolute atomic E-state index is 0.146. The van der Waals surface area contributed by atoms with Gasteiger partial charge in [-0.3, -0.25) is 0 Å². The average molecular weight is 316 g/mol. The van der Waals surface area contributed by atoms with E-state index in [1.54, 1.807) is 6.07 Å². The second-order valence-corrected chi connectivity index (χ2v) is 6.70. The van der Waals surface area contributed by atoms with Gasteiger partial charge in [-0.15, -0.1) is 0 Å². The number of hydrogen-bond acceptors (Lipinski definition) is 1. The van der Waals surface area contributed by atoms with Gasteiger partial charge < -0.3 is 5.32 Å². The van der Waals surface area contributed by atoms with Gasteiger partial charge in [0.1, 0.15) is 5.82 Å². The van der Waals surface area contributed by atoms with Crippen LogP contribution >= 0.6 is 15.9 Å². The fourth-order valence-electron chi connectivity index (χ4n) is 1.81. The van der Waals surface area contributed by atoms with Crippen molar-refractivity contribution in [1.82, 2.24) is 5.32 Å². The summed E-state index contributed by atoms with van der Waals surface area (Å²) in [5, 5.41) is 3.53. The van der Waals surface area contributed by atoms with Crippen LogP contribution in [-0.2, 0) is 6.42 Å². The lowest BCUT2D eigenvalue weighted by atomic mass is 9.95. The zero-order valence-electron chi connectivity index (χ0n) is 11.7. The van der Waals surface area contributed by atoms with Crippen molar-refractivity contribution in [1.29, 1.82) is 0 Å². The third-order valence-corrected chi connectivity index (χ3v) is 3.76. The lowest BCUT2D eigenvalue weighted by Gasteiger charge is -2.25. The van der Waals surface area contributed by atoms with Gasteiger partial charge in [-0.05, 0) is 57.4 Å². The van der Waals surface area contributed by atoms with E-state index in [2.05, 4.69) is 48.9 Å². The molecule has 0 aliphatic rings. The molecule has 0 radical (unpaired) electrons. The summed E-state index contributed by atoms with van der Waals surface area (Å²) in [6, 6.07) is 4.95. The maximum Gasteiger partial charge on any atom is 0.124 e. The number of hydrogen-bond donors (Lipinski definition) is 1. The molecule has 18 heavy (non-hydrogen) atoms. The molecule has 0 bridgehead atoms. The second-order valence-electron chi connectivity index (χ2n) is 5.85. The predicted molar refractivity (Wildman–Crippen MR) is 79.3 cm³/mol. The second kappa shape index (κ2) is 6.67. The maximum absolute atomic E-state index is 13.0. The fraction of sp³-hybridized carbons (Fsp3) is 0.600. The Bertz CT molecular complexity index is 385. The summed E-state index contributed by atoms with van der Waals surface area (Å²) in [5.41, 5.74) is 1.33. The van der Waals surface area contributed by atoms with E-state index in [4.69, 9.17) is 0 Å². The zero-order chi connectivity index (χ0) is 13.8. The first-order valence-corrected chi connectivity index (χ1v) is 7.30. The molecule has 0 aliphatic heterocycles. The summed E-state index contributed by atoms with van der Waals surface area (Å²) in [6.07, 6.45) is 2.09. The van der Waals surface area contributed by atoms with Crippen LogP contribution in [0.25, 0.3) is 0 Å². The van der Waals surface area contributed by atoms with Crippen LogP contribution in [-0.4, -0.2) is 12.1 Å². The van der Waals surface area contributed by atoms with Gasteiger partial charge in [0, 0.05) is 10.0 Å². The van der Waals surface area contributed by atoms with Crippen LogP contribution in [0.5, 0.6) is 0 Å². The minimum Gasteiger partial charge on any atom is -0.312 e. The van der Waals surface area contributed by atoms with Crippen LogP contribution in [0.3, 0.4) is 0 Å². The van der Waals surface area contributed by atoms with Crippen LogP contribution in [0.2, 0.25) is 0 Å². The molecule has 1 unspecified atom stereocenters. The summed E-state index contributed by atoms with van der Waals surface area (Å²) < 4.78 is 13.9. The van der Waals surface area contributed by atoms with Crippen LogP contribution in [0.4, 0.5) is 4.39 Å². The first kappa shape index (κ1) is 15.6. The molecule has 0 saturated carbocycles. The summed E-state index contributed by atoms with van der Waals surface area (Å²) >= 11 is 3.43. The van der Waals surface area contributed by atoms with Crippen molar-refractivity contribution in [3.05, 3.63) is 34.1 Å². The molecule has 3 heteroatoms. The molecule has 0 heterocycles. The lowest BCUT2D eigenvalue weighted by Crippen LogP contribution is -2.39. The van der Waals surface area contributed by atoms with Gasteiger partial charge in [-0.1, -0.05) is 35.3 Å². The van der Waals surface area contributed by atoms with Crippen LogP contribution < -0.4 is 5.32 Å². The first-order chi connectivity index (χ1) is 8.31. The van der Waals surface area contributed by atoms with Crippen LogP contribution in [0, 0.1) is 11.7 Å². The van der Waals surface area contributed by atoms with Gasteiger partial charge in [0.05, 0.1) is 0 Å². The van der Waals surface area contributed by atoms with E-state index in [0.29, 0.717) is 5.92 Å². The minimum atomic E-state index is -0.188. The SMILES string of the molecule is CCC(CNC(C)(C)C)Cc1ccc(F)cc1Br. The van der Waals surface area contributed by atoms with Crippen molar-refractivity contribution in [2.24, 2.45) is 5.92 Å². The molecule has 102 valence electrons. The van der Waals surface area contributed by atoms with Gasteiger partial charge in [-0.25, -0.2) is 4.39 Å². The van der Waals surface area contributed by atoms with E-state index in [-0.39, 0.29) is 11.4 Å². The lowest BCUT2D eigenvalue weighted by molar-refractivity contribution is 0.363. The number of halogens is 2. The van der Waals surface area contributed by atoms with Gasteiger partial charge in [0.15, 0.2) is 0 Å².